The van der Waals surface area contributed by atoms with Gasteiger partial charge in [0.25, 0.3) is 10.0 Å². The summed E-state index contributed by atoms with van der Waals surface area (Å²) in [5, 5.41) is 5.50. The number of ether oxygens (including phenoxy) is 1. The van der Waals surface area contributed by atoms with Gasteiger partial charge < -0.3 is 4.74 Å². The van der Waals surface area contributed by atoms with Crippen LogP contribution in [-0.4, -0.2) is 25.2 Å². The van der Waals surface area contributed by atoms with Gasteiger partial charge in [-0.2, -0.15) is 18.3 Å². The van der Waals surface area contributed by atoms with Gasteiger partial charge in [0.2, 0.25) is 0 Å². The number of hydrogen-bond donors (Lipinski definition) is 2. The number of halogens is 3. The fourth-order valence-corrected chi connectivity index (χ4v) is 3.78. The van der Waals surface area contributed by atoms with Crippen molar-refractivity contribution in [3.63, 3.8) is 0 Å². The van der Waals surface area contributed by atoms with Crippen molar-refractivity contribution in [3.8, 4) is 16.9 Å². The molecule has 0 unspecified atom stereocenters. The van der Waals surface area contributed by atoms with Crippen LogP contribution in [0.3, 0.4) is 0 Å². The van der Waals surface area contributed by atoms with Crippen LogP contribution in [0.2, 0.25) is 0 Å². The number of nitrogens with one attached hydrogen (secondary N) is 2. The summed E-state index contributed by atoms with van der Waals surface area (Å²) in [6.45, 7) is 2.51. The smallest absolute Gasteiger partial charge is 0.433 e. The van der Waals surface area contributed by atoms with Crippen molar-refractivity contribution in [1.82, 2.24) is 10.2 Å². The zero-order valence-corrected chi connectivity index (χ0v) is 16.8. The minimum atomic E-state index is -4.75. The van der Waals surface area contributed by atoms with E-state index < -0.39 is 27.7 Å². The predicted molar refractivity (Wildman–Crippen MR) is 107 cm³/mol. The molecule has 0 spiro atoms. The van der Waals surface area contributed by atoms with Gasteiger partial charge in [-0.1, -0.05) is 43.7 Å². The maximum Gasteiger partial charge on any atom is 0.433 e. The van der Waals surface area contributed by atoms with E-state index in [0.717, 1.165) is 12.8 Å². The molecule has 3 rings (SSSR count). The maximum atomic E-state index is 13.5. The van der Waals surface area contributed by atoms with Crippen molar-refractivity contribution in [1.29, 1.82) is 0 Å². The molecule has 0 aliphatic carbocycles. The number of unbranched alkanes of at least 4 members (excludes halogenated alkanes) is 1. The molecule has 0 radical (unpaired) electrons. The van der Waals surface area contributed by atoms with Crippen LogP contribution >= 0.6 is 0 Å². The summed E-state index contributed by atoms with van der Waals surface area (Å²) in [4.78, 5) is -0.0906. The zero-order chi connectivity index (χ0) is 21.8. The summed E-state index contributed by atoms with van der Waals surface area (Å²) in [5.41, 5.74) is -1.39. The number of benzene rings is 2. The van der Waals surface area contributed by atoms with Crippen molar-refractivity contribution in [3.05, 3.63) is 60.3 Å². The number of rotatable bonds is 8. The highest BCUT2D eigenvalue weighted by Crippen LogP contribution is 2.40. The van der Waals surface area contributed by atoms with Gasteiger partial charge in [-0.05, 0) is 36.2 Å². The quantitative estimate of drug-likeness (QED) is 0.480. The van der Waals surface area contributed by atoms with Crippen LogP contribution in [0, 0.1) is 0 Å². The van der Waals surface area contributed by atoms with Gasteiger partial charge in [-0.3, -0.25) is 9.82 Å². The predicted octanol–water partition coefficient (Wildman–Crippen LogP) is 5.08. The van der Waals surface area contributed by atoms with Gasteiger partial charge >= 0.3 is 6.18 Å². The molecule has 1 heterocycles. The second-order valence-corrected chi connectivity index (χ2v) is 8.15. The number of aromatic nitrogens is 2. The first-order valence-electron chi connectivity index (χ1n) is 9.19. The Balaban J connectivity index is 1.98. The summed E-state index contributed by atoms with van der Waals surface area (Å²) in [7, 11) is -4.12. The monoisotopic (exact) mass is 439 g/mol. The molecule has 0 saturated carbocycles. The van der Waals surface area contributed by atoms with E-state index in [1.54, 1.807) is 6.07 Å². The number of anilines is 1. The lowest BCUT2D eigenvalue weighted by molar-refractivity contribution is -0.140. The molecule has 0 amide bonds. The highest BCUT2D eigenvalue weighted by atomic mass is 32.2. The fraction of sp³-hybridized carbons (Fsp3) is 0.250. The molecule has 160 valence electrons. The van der Waals surface area contributed by atoms with Gasteiger partial charge in [-0.25, -0.2) is 8.42 Å². The Morgan fingerprint density at radius 3 is 2.33 bits per heavy atom. The first kappa shape index (κ1) is 21.7. The molecule has 0 atom stereocenters. The van der Waals surface area contributed by atoms with E-state index in [9.17, 15) is 21.6 Å². The number of H-pyrrole nitrogens is 1. The summed E-state index contributed by atoms with van der Waals surface area (Å²) in [5.74, 6) is 0.0708. The van der Waals surface area contributed by atoms with E-state index in [1.165, 1.54) is 48.5 Å². The van der Waals surface area contributed by atoms with Crippen LogP contribution in [0.25, 0.3) is 11.1 Å². The van der Waals surface area contributed by atoms with Crippen LogP contribution in [0.1, 0.15) is 25.5 Å². The van der Waals surface area contributed by atoms with Crippen molar-refractivity contribution in [2.24, 2.45) is 0 Å². The summed E-state index contributed by atoms with van der Waals surface area (Å²) < 4.78 is 73.4. The molecular formula is C20H20F3N3O3S. The van der Waals surface area contributed by atoms with E-state index in [4.69, 9.17) is 4.74 Å². The topological polar surface area (TPSA) is 84.1 Å². The van der Waals surface area contributed by atoms with E-state index >= 15 is 0 Å². The molecule has 0 aliphatic heterocycles. The van der Waals surface area contributed by atoms with Crippen LogP contribution in [0.5, 0.6) is 5.75 Å². The number of sulfonamides is 1. The molecule has 3 aromatic rings. The van der Waals surface area contributed by atoms with Crippen LogP contribution in [0.4, 0.5) is 19.0 Å². The molecule has 1 aromatic heterocycles. The highest BCUT2D eigenvalue weighted by molar-refractivity contribution is 7.92. The van der Waals surface area contributed by atoms with Crippen LogP contribution in [0.15, 0.2) is 59.5 Å². The molecule has 0 bridgehead atoms. The van der Waals surface area contributed by atoms with Crippen molar-refractivity contribution in [2.75, 3.05) is 11.3 Å². The average molecular weight is 439 g/mol. The van der Waals surface area contributed by atoms with E-state index in [0.29, 0.717) is 12.4 Å². The molecular weight excluding hydrogens is 419 g/mol. The van der Waals surface area contributed by atoms with E-state index in [1.807, 2.05) is 12.0 Å². The lowest BCUT2D eigenvalue weighted by Crippen LogP contribution is -2.14. The number of hydrogen-bond acceptors (Lipinski definition) is 4. The second kappa shape index (κ2) is 8.78. The minimum Gasteiger partial charge on any atom is -0.494 e. The Hall–Kier alpha value is -3.01. The van der Waals surface area contributed by atoms with Crippen molar-refractivity contribution < 1.29 is 26.3 Å². The van der Waals surface area contributed by atoms with E-state index in [-0.39, 0.29) is 16.0 Å². The van der Waals surface area contributed by atoms with Crippen molar-refractivity contribution in [2.45, 2.75) is 30.8 Å². The zero-order valence-electron chi connectivity index (χ0n) is 16.0. The molecule has 30 heavy (non-hydrogen) atoms. The third-order valence-electron chi connectivity index (χ3n) is 4.24. The highest BCUT2D eigenvalue weighted by Gasteiger charge is 2.38. The standard InChI is InChI=1S/C20H20F3N3O3S/c1-2-3-13-29-15-11-9-14(10-12-15)17-18(20(21,22)23)24-25-19(17)26-30(27,28)16-7-5-4-6-8-16/h4-12H,2-3,13H2,1H3,(H2,24,25,26). The molecule has 0 aliphatic rings. The molecule has 2 N–H and O–H groups in total. The van der Waals surface area contributed by atoms with Crippen molar-refractivity contribution >= 4 is 15.8 Å². The number of aromatic amines is 1. The van der Waals surface area contributed by atoms with E-state index in [2.05, 4.69) is 9.82 Å². The Morgan fingerprint density at radius 1 is 1.07 bits per heavy atom. The third-order valence-corrected chi connectivity index (χ3v) is 5.60. The van der Waals surface area contributed by atoms with Gasteiger partial charge in [0.15, 0.2) is 5.82 Å². The molecule has 6 nitrogen and oxygen atoms in total. The second-order valence-electron chi connectivity index (χ2n) is 6.46. The Kier molecular flexibility index (Phi) is 6.35. The average Bonchev–Trinajstić information content (AvgIpc) is 3.13. The van der Waals surface area contributed by atoms with Crippen LogP contribution in [-0.2, 0) is 16.2 Å². The Morgan fingerprint density at radius 2 is 1.73 bits per heavy atom. The fourth-order valence-electron chi connectivity index (χ4n) is 2.74. The number of alkyl halides is 3. The van der Waals surface area contributed by atoms with Gasteiger partial charge in [-0.15, -0.1) is 0 Å². The summed E-state index contributed by atoms with van der Waals surface area (Å²) in [6.07, 6.45) is -2.95. The minimum absolute atomic E-state index is 0.0906. The van der Waals surface area contributed by atoms with Gasteiger partial charge in [0, 0.05) is 0 Å². The largest absolute Gasteiger partial charge is 0.494 e. The summed E-state index contributed by atoms with van der Waals surface area (Å²) in [6, 6.07) is 13.3. The Bertz CT molecular complexity index is 1080. The first-order chi connectivity index (χ1) is 14.2. The SMILES string of the molecule is CCCCOc1ccc(-c2c(NS(=O)(=O)c3ccccc3)n[nH]c2C(F)(F)F)cc1. The first-order valence-corrected chi connectivity index (χ1v) is 10.7. The van der Waals surface area contributed by atoms with Gasteiger partial charge in [0.05, 0.1) is 17.1 Å². The third kappa shape index (κ3) is 4.93. The molecule has 0 saturated heterocycles. The lowest BCUT2D eigenvalue weighted by Gasteiger charge is -2.12. The van der Waals surface area contributed by atoms with Crippen LogP contribution < -0.4 is 9.46 Å². The lowest BCUT2D eigenvalue weighted by atomic mass is 10.1. The summed E-state index contributed by atoms with van der Waals surface area (Å²) >= 11 is 0. The molecule has 0 fully saturated rings. The molecule has 2 aromatic carbocycles. The normalized spacial score (nSPS) is 12.0. The molecule has 10 heteroatoms. The maximum absolute atomic E-state index is 13.5. The number of nitrogens with zero attached hydrogens (tertiary/aromatic N) is 1. The Labute approximate surface area is 172 Å². The van der Waals surface area contributed by atoms with Gasteiger partial charge in [0.1, 0.15) is 11.4 Å².